The molecule has 0 amide bonds. The van der Waals surface area contributed by atoms with Gasteiger partial charge in [-0.25, -0.2) is 0 Å². The van der Waals surface area contributed by atoms with Crippen LogP contribution in [0, 0.1) is 11.8 Å². The summed E-state index contributed by atoms with van der Waals surface area (Å²) in [6.45, 7) is 11.4. The van der Waals surface area contributed by atoms with E-state index >= 15 is 0 Å². The van der Waals surface area contributed by atoms with Crippen LogP contribution in [-0.4, -0.2) is 55.0 Å². The first-order valence-electron chi connectivity index (χ1n) is 7.96. The summed E-state index contributed by atoms with van der Waals surface area (Å²) in [6.07, 6.45) is 5.05. The number of rotatable bonds is 4. The SMILES string of the molecule is CCCN1CCC(CN=C(N)N2CCC(C)CC2)C1.I. The minimum Gasteiger partial charge on any atom is -0.370 e. The highest BCUT2D eigenvalue weighted by atomic mass is 127. The Morgan fingerprint density at radius 2 is 1.90 bits per heavy atom. The zero-order valence-electron chi connectivity index (χ0n) is 13.1. The third kappa shape index (κ3) is 5.39. The summed E-state index contributed by atoms with van der Waals surface area (Å²) in [5, 5.41) is 0. The quantitative estimate of drug-likeness (QED) is 0.453. The molecule has 0 spiro atoms. The maximum atomic E-state index is 6.13. The highest BCUT2D eigenvalue weighted by molar-refractivity contribution is 14.0. The Morgan fingerprint density at radius 1 is 1.20 bits per heavy atom. The standard InChI is InChI=1S/C15H30N4.HI/c1-3-7-18-8-6-14(12-18)11-17-15(16)19-9-4-13(2)5-10-19;/h13-14H,3-12H2,1-2H3,(H2,16,17);1H. The first kappa shape index (κ1) is 18.0. The molecule has 0 radical (unpaired) electrons. The van der Waals surface area contributed by atoms with E-state index in [0.29, 0.717) is 5.92 Å². The fourth-order valence-electron chi connectivity index (χ4n) is 3.14. The topological polar surface area (TPSA) is 44.9 Å². The summed E-state index contributed by atoms with van der Waals surface area (Å²) in [5.74, 6) is 2.34. The van der Waals surface area contributed by atoms with Crippen LogP contribution in [0.25, 0.3) is 0 Å². The molecule has 20 heavy (non-hydrogen) atoms. The van der Waals surface area contributed by atoms with Crippen molar-refractivity contribution in [3.63, 3.8) is 0 Å². The molecule has 118 valence electrons. The van der Waals surface area contributed by atoms with Gasteiger partial charge in [-0.05, 0) is 50.6 Å². The molecule has 2 aliphatic heterocycles. The van der Waals surface area contributed by atoms with Crippen LogP contribution >= 0.6 is 24.0 Å². The van der Waals surface area contributed by atoms with Crippen LogP contribution < -0.4 is 5.73 Å². The van der Waals surface area contributed by atoms with Gasteiger partial charge in [0.15, 0.2) is 5.96 Å². The number of aliphatic imine (C=N–C) groups is 1. The lowest BCUT2D eigenvalue weighted by Crippen LogP contribution is -2.42. The molecule has 2 aliphatic rings. The van der Waals surface area contributed by atoms with E-state index in [-0.39, 0.29) is 24.0 Å². The third-order valence-corrected chi connectivity index (χ3v) is 4.53. The van der Waals surface area contributed by atoms with E-state index < -0.39 is 0 Å². The van der Waals surface area contributed by atoms with Crippen LogP contribution in [-0.2, 0) is 0 Å². The second-order valence-corrected chi connectivity index (χ2v) is 6.32. The van der Waals surface area contributed by atoms with Gasteiger partial charge in [0, 0.05) is 26.2 Å². The summed E-state index contributed by atoms with van der Waals surface area (Å²) in [4.78, 5) is 9.46. The lowest BCUT2D eigenvalue weighted by Gasteiger charge is -2.31. The largest absolute Gasteiger partial charge is 0.370 e. The molecular weight excluding hydrogens is 363 g/mol. The molecule has 0 aromatic rings. The highest BCUT2D eigenvalue weighted by Crippen LogP contribution is 2.18. The fraction of sp³-hybridized carbons (Fsp3) is 0.933. The van der Waals surface area contributed by atoms with E-state index in [0.717, 1.165) is 31.5 Å². The van der Waals surface area contributed by atoms with Crippen LogP contribution in [0.1, 0.15) is 39.5 Å². The van der Waals surface area contributed by atoms with Gasteiger partial charge in [-0.15, -0.1) is 24.0 Å². The van der Waals surface area contributed by atoms with Crippen molar-refractivity contribution < 1.29 is 0 Å². The Hall–Kier alpha value is -0.0400. The van der Waals surface area contributed by atoms with Crippen LogP contribution in [0.3, 0.4) is 0 Å². The van der Waals surface area contributed by atoms with Gasteiger partial charge in [-0.3, -0.25) is 4.99 Å². The molecule has 1 atom stereocenters. The third-order valence-electron chi connectivity index (χ3n) is 4.53. The number of nitrogens with two attached hydrogens (primary N) is 1. The average molecular weight is 394 g/mol. The van der Waals surface area contributed by atoms with Crippen molar-refractivity contribution in [2.24, 2.45) is 22.6 Å². The Balaban J connectivity index is 0.00000200. The van der Waals surface area contributed by atoms with Gasteiger partial charge in [-0.1, -0.05) is 13.8 Å². The van der Waals surface area contributed by atoms with Crippen LogP contribution in [0.5, 0.6) is 0 Å². The van der Waals surface area contributed by atoms with E-state index in [2.05, 4.69) is 28.6 Å². The first-order valence-corrected chi connectivity index (χ1v) is 7.96. The Labute approximate surface area is 141 Å². The van der Waals surface area contributed by atoms with Crippen molar-refractivity contribution >= 4 is 29.9 Å². The summed E-state index contributed by atoms with van der Waals surface area (Å²) in [6, 6.07) is 0. The average Bonchev–Trinajstić information content (AvgIpc) is 2.85. The summed E-state index contributed by atoms with van der Waals surface area (Å²) in [5.41, 5.74) is 6.13. The predicted octanol–water partition coefficient (Wildman–Crippen LogP) is 2.38. The van der Waals surface area contributed by atoms with Crippen molar-refractivity contribution in [1.29, 1.82) is 0 Å². The number of halogens is 1. The predicted molar refractivity (Wildman–Crippen MR) is 96.7 cm³/mol. The number of likely N-dealkylation sites (tertiary alicyclic amines) is 2. The van der Waals surface area contributed by atoms with E-state index in [9.17, 15) is 0 Å². The van der Waals surface area contributed by atoms with E-state index in [1.54, 1.807) is 0 Å². The zero-order valence-corrected chi connectivity index (χ0v) is 15.4. The van der Waals surface area contributed by atoms with Gasteiger partial charge < -0.3 is 15.5 Å². The molecule has 1 unspecified atom stereocenters. The molecule has 0 aromatic carbocycles. The molecule has 0 aromatic heterocycles. The number of nitrogens with zero attached hydrogens (tertiary/aromatic N) is 3. The van der Waals surface area contributed by atoms with Crippen LogP contribution in [0.15, 0.2) is 4.99 Å². The smallest absolute Gasteiger partial charge is 0.191 e. The zero-order chi connectivity index (χ0) is 13.7. The monoisotopic (exact) mass is 394 g/mol. The summed E-state index contributed by atoms with van der Waals surface area (Å²) < 4.78 is 0. The fourth-order valence-corrected chi connectivity index (χ4v) is 3.14. The second-order valence-electron chi connectivity index (χ2n) is 6.32. The number of guanidine groups is 1. The molecule has 2 N–H and O–H groups in total. The van der Waals surface area contributed by atoms with E-state index in [1.165, 1.54) is 45.3 Å². The lowest BCUT2D eigenvalue weighted by atomic mass is 10.00. The molecule has 0 saturated carbocycles. The first-order chi connectivity index (χ1) is 9.19. The second kappa shape index (κ2) is 9.07. The minimum absolute atomic E-state index is 0. The van der Waals surface area contributed by atoms with Gasteiger partial charge in [-0.2, -0.15) is 0 Å². The normalized spacial score (nSPS) is 25.8. The molecule has 2 heterocycles. The van der Waals surface area contributed by atoms with Crippen molar-refractivity contribution in [3.05, 3.63) is 0 Å². The van der Waals surface area contributed by atoms with Crippen molar-refractivity contribution in [1.82, 2.24) is 9.80 Å². The molecule has 2 rings (SSSR count). The molecule has 5 heteroatoms. The Morgan fingerprint density at radius 3 is 2.55 bits per heavy atom. The van der Waals surface area contributed by atoms with Gasteiger partial charge in [0.05, 0.1) is 0 Å². The van der Waals surface area contributed by atoms with Crippen LogP contribution in [0.4, 0.5) is 0 Å². The molecule has 2 fully saturated rings. The van der Waals surface area contributed by atoms with Gasteiger partial charge in [0.1, 0.15) is 0 Å². The van der Waals surface area contributed by atoms with Crippen molar-refractivity contribution in [3.8, 4) is 0 Å². The highest BCUT2D eigenvalue weighted by Gasteiger charge is 2.22. The molecule has 4 nitrogen and oxygen atoms in total. The lowest BCUT2D eigenvalue weighted by molar-refractivity contribution is 0.277. The van der Waals surface area contributed by atoms with Crippen molar-refractivity contribution in [2.75, 3.05) is 39.3 Å². The van der Waals surface area contributed by atoms with Gasteiger partial charge in [0.2, 0.25) is 0 Å². The van der Waals surface area contributed by atoms with Crippen molar-refractivity contribution in [2.45, 2.75) is 39.5 Å². The molecule has 2 saturated heterocycles. The molecule has 0 aliphatic carbocycles. The maximum Gasteiger partial charge on any atom is 0.191 e. The maximum absolute atomic E-state index is 6.13. The van der Waals surface area contributed by atoms with Gasteiger partial charge in [0.25, 0.3) is 0 Å². The summed E-state index contributed by atoms with van der Waals surface area (Å²) >= 11 is 0. The number of hydrogen-bond acceptors (Lipinski definition) is 2. The van der Waals surface area contributed by atoms with Crippen LogP contribution in [0.2, 0.25) is 0 Å². The Kier molecular flexibility index (Phi) is 8.17. The number of piperidine rings is 1. The molecular formula is C15H31IN4. The minimum atomic E-state index is 0. The van der Waals surface area contributed by atoms with Gasteiger partial charge >= 0.3 is 0 Å². The summed E-state index contributed by atoms with van der Waals surface area (Å²) in [7, 11) is 0. The van der Waals surface area contributed by atoms with E-state index in [1.807, 2.05) is 0 Å². The molecule has 0 bridgehead atoms. The Bertz CT molecular complexity index is 300. The van der Waals surface area contributed by atoms with E-state index in [4.69, 9.17) is 5.73 Å². The number of hydrogen-bond donors (Lipinski definition) is 1.